The molecule has 1 fully saturated rings. The molecule has 4 heteroatoms. The van der Waals surface area contributed by atoms with Crippen molar-refractivity contribution in [1.82, 2.24) is 9.80 Å². The molecule has 1 rings (SSSR count). The minimum Gasteiger partial charge on any atom is -0.444 e. The van der Waals surface area contributed by atoms with Crippen molar-refractivity contribution >= 4 is 6.09 Å². The quantitative estimate of drug-likeness (QED) is 0.654. The lowest BCUT2D eigenvalue weighted by Crippen LogP contribution is -2.50. The summed E-state index contributed by atoms with van der Waals surface area (Å²) in [5, 5.41) is 0. The normalized spacial score (nSPS) is 23.0. The molecule has 100 valence electrons. The molecular weight excluding hydrogens is 216 g/mol. The van der Waals surface area contributed by atoms with Gasteiger partial charge in [0, 0.05) is 13.1 Å². The molecule has 4 nitrogen and oxygen atoms in total. The lowest BCUT2D eigenvalue weighted by atomic mass is 9.91. The average molecular weight is 242 g/mol. The number of carbonyl (C=O) groups is 1. The van der Waals surface area contributed by atoms with E-state index in [0.717, 1.165) is 13.1 Å². The highest BCUT2D eigenvalue weighted by atomic mass is 16.6. The number of ether oxygens (including phenoxy) is 1. The smallest absolute Gasteiger partial charge is 0.411 e. The Morgan fingerprint density at radius 1 is 1.12 bits per heavy atom. The topological polar surface area (TPSA) is 32.8 Å². The fraction of sp³-hybridized carbons (Fsp3) is 0.923. The number of hydrogen-bond donors (Lipinski definition) is 0. The van der Waals surface area contributed by atoms with Gasteiger partial charge in [-0.25, -0.2) is 4.79 Å². The van der Waals surface area contributed by atoms with E-state index < -0.39 is 5.60 Å². The van der Waals surface area contributed by atoms with Crippen LogP contribution in [0.2, 0.25) is 0 Å². The van der Waals surface area contributed by atoms with Crippen molar-refractivity contribution in [2.75, 3.05) is 20.1 Å². The van der Waals surface area contributed by atoms with Gasteiger partial charge in [-0.15, -0.1) is 0 Å². The van der Waals surface area contributed by atoms with Gasteiger partial charge in [-0.1, -0.05) is 20.8 Å². The molecule has 1 aliphatic rings. The van der Waals surface area contributed by atoms with Crippen molar-refractivity contribution in [1.29, 1.82) is 0 Å². The third-order valence-corrected chi connectivity index (χ3v) is 2.81. The van der Waals surface area contributed by atoms with E-state index in [1.165, 1.54) is 0 Å². The Morgan fingerprint density at radius 3 is 2.06 bits per heavy atom. The van der Waals surface area contributed by atoms with Crippen LogP contribution in [0.1, 0.15) is 41.5 Å². The number of nitrogens with zero attached hydrogens (tertiary/aromatic N) is 2. The molecule has 1 saturated heterocycles. The predicted molar refractivity (Wildman–Crippen MR) is 68.8 cm³/mol. The largest absolute Gasteiger partial charge is 0.444 e. The van der Waals surface area contributed by atoms with Crippen LogP contribution in [0.3, 0.4) is 0 Å². The maximum absolute atomic E-state index is 12.1. The van der Waals surface area contributed by atoms with Gasteiger partial charge in [-0.3, -0.25) is 9.80 Å². The Bertz CT molecular complexity index is 289. The monoisotopic (exact) mass is 242 g/mol. The molecule has 0 spiro atoms. The number of likely N-dealkylation sites (N-methyl/N-ethyl adjacent to an activating group) is 1. The van der Waals surface area contributed by atoms with E-state index in [-0.39, 0.29) is 17.7 Å². The van der Waals surface area contributed by atoms with E-state index in [9.17, 15) is 4.79 Å². The van der Waals surface area contributed by atoms with Gasteiger partial charge in [0.15, 0.2) is 0 Å². The van der Waals surface area contributed by atoms with Crippen LogP contribution < -0.4 is 0 Å². The summed E-state index contributed by atoms with van der Waals surface area (Å²) < 4.78 is 5.46. The molecule has 0 aromatic heterocycles. The highest BCUT2D eigenvalue weighted by molar-refractivity contribution is 5.69. The van der Waals surface area contributed by atoms with E-state index in [2.05, 4.69) is 32.7 Å². The van der Waals surface area contributed by atoms with E-state index in [1.807, 2.05) is 25.7 Å². The Hall–Kier alpha value is -0.770. The van der Waals surface area contributed by atoms with Gasteiger partial charge in [-0.2, -0.15) is 0 Å². The number of rotatable bonds is 0. The second-order valence-corrected chi connectivity index (χ2v) is 6.89. The SMILES string of the molecule is CN1CCN(C(=O)OC(C)(C)C)C1C(C)(C)C. The fourth-order valence-electron chi connectivity index (χ4n) is 2.39. The van der Waals surface area contributed by atoms with Crippen LogP contribution in [-0.2, 0) is 4.74 Å². The molecule has 1 unspecified atom stereocenters. The van der Waals surface area contributed by atoms with E-state index >= 15 is 0 Å². The van der Waals surface area contributed by atoms with Crippen molar-refractivity contribution in [3.63, 3.8) is 0 Å². The van der Waals surface area contributed by atoms with Gasteiger partial charge in [0.05, 0.1) is 6.17 Å². The minimum absolute atomic E-state index is 0.0299. The lowest BCUT2D eigenvalue weighted by Gasteiger charge is -2.38. The maximum atomic E-state index is 12.1. The molecule has 0 aliphatic carbocycles. The molecule has 1 amide bonds. The van der Waals surface area contributed by atoms with Crippen molar-refractivity contribution in [3.05, 3.63) is 0 Å². The summed E-state index contributed by atoms with van der Waals surface area (Å²) in [6.45, 7) is 13.8. The average Bonchev–Trinajstić information content (AvgIpc) is 2.42. The predicted octanol–water partition coefficient (Wildman–Crippen LogP) is 2.54. The van der Waals surface area contributed by atoms with Crippen molar-refractivity contribution < 1.29 is 9.53 Å². The first-order chi connectivity index (χ1) is 7.52. The molecule has 0 aromatic carbocycles. The Labute approximate surface area is 105 Å². The molecule has 1 atom stereocenters. The molecule has 1 aliphatic heterocycles. The van der Waals surface area contributed by atoms with Crippen LogP contribution in [0.15, 0.2) is 0 Å². The summed E-state index contributed by atoms with van der Waals surface area (Å²) in [7, 11) is 2.06. The molecular formula is C13H26N2O2. The molecule has 17 heavy (non-hydrogen) atoms. The number of carbonyl (C=O) groups excluding carboxylic acids is 1. The molecule has 1 heterocycles. The lowest BCUT2D eigenvalue weighted by molar-refractivity contribution is -0.00539. The Balaban J connectivity index is 2.80. The van der Waals surface area contributed by atoms with Crippen LogP contribution in [0, 0.1) is 5.41 Å². The first kappa shape index (κ1) is 14.3. The highest BCUT2D eigenvalue weighted by Crippen LogP contribution is 2.31. The zero-order chi connectivity index (χ0) is 13.4. The van der Waals surface area contributed by atoms with Crippen LogP contribution in [0.5, 0.6) is 0 Å². The first-order valence-electron chi connectivity index (χ1n) is 6.22. The summed E-state index contributed by atoms with van der Waals surface area (Å²) >= 11 is 0. The van der Waals surface area contributed by atoms with Gasteiger partial charge in [0.2, 0.25) is 0 Å². The minimum atomic E-state index is -0.430. The zero-order valence-electron chi connectivity index (χ0n) is 12.2. The summed E-state index contributed by atoms with van der Waals surface area (Å²) in [4.78, 5) is 16.2. The second-order valence-electron chi connectivity index (χ2n) is 6.89. The van der Waals surface area contributed by atoms with Gasteiger partial charge in [0.1, 0.15) is 5.60 Å². The summed E-state index contributed by atoms with van der Waals surface area (Å²) in [5.41, 5.74) is -0.400. The molecule has 0 radical (unpaired) electrons. The molecule has 0 saturated carbocycles. The van der Waals surface area contributed by atoms with E-state index in [1.54, 1.807) is 0 Å². The van der Waals surface area contributed by atoms with Gasteiger partial charge in [0.25, 0.3) is 0 Å². The molecule has 0 N–H and O–H groups in total. The summed E-state index contributed by atoms with van der Waals surface area (Å²) in [6, 6.07) is 0. The third-order valence-electron chi connectivity index (χ3n) is 2.81. The number of amides is 1. The molecule has 0 aromatic rings. The van der Waals surface area contributed by atoms with Crippen LogP contribution in [-0.4, -0.2) is 47.8 Å². The Kier molecular flexibility index (Phi) is 3.77. The maximum Gasteiger partial charge on any atom is 0.411 e. The second kappa shape index (κ2) is 4.48. The van der Waals surface area contributed by atoms with Crippen molar-refractivity contribution in [2.24, 2.45) is 5.41 Å². The van der Waals surface area contributed by atoms with Gasteiger partial charge >= 0.3 is 6.09 Å². The number of hydrogen-bond acceptors (Lipinski definition) is 3. The summed E-state index contributed by atoms with van der Waals surface area (Å²) in [5.74, 6) is 0. The van der Waals surface area contributed by atoms with Crippen molar-refractivity contribution in [2.45, 2.75) is 53.3 Å². The van der Waals surface area contributed by atoms with E-state index in [0.29, 0.717) is 0 Å². The van der Waals surface area contributed by atoms with Crippen LogP contribution >= 0.6 is 0 Å². The van der Waals surface area contributed by atoms with Gasteiger partial charge < -0.3 is 4.74 Å². The van der Waals surface area contributed by atoms with E-state index in [4.69, 9.17) is 4.74 Å². The van der Waals surface area contributed by atoms with Gasteiger partial charge in [-0.05, 0) is 33.2 Å². The van der Waals surface area contributed by atoms with Crippen LogP contribution in [0.4, 0.5) is 4.79 Å². The van der Waals surface area contributed by atoms with Crippen LogP contribution in [0.25, 0.3) is 0 Å². The molecule has 0 bridgehead atoms. The third kappa shape index (κ3) is 3.60. The Morgan fingerprint density at radius 2 is 1.65 bits per heavy atom. The summed E-state index contributed by atoms with van der Waals surface area (Å²) in [6.07, 6.45) is -0.0980. The van der Waals surface area contributed by atoms with Crippen molar-refractivity contribution in [3.8, 4) is 0 Å². The standard InChI is InChI=1S/C13H26N2O2/c1-12(2,3)10-14(7)8-9-15(10)11(16)17-13(4,5)6/h10H,8-9H2,1-7H3. The highest BCUT2D eigenvalue weighted by Gasteiger charge is 2.42. The fourth-order valence-corrected chi connectivity index (χ4v) is 2.39. The first-order valence-corrected chi connectivity index (χ1v) is 6.22. The zero-order valence-corrected chi connectivity index (χ0v) is 12.2.